The average molecular weight is 384 g/mol. The van der Waals surface area contributed by atoms with Crippen LogP contribution in [0.15, 0.2) is 41.3 Å². The summed E-state index contributed by atoms with van der Waals surface area (Å²) in [5, 5.41) is 13.6. The number of aromatic hydroxyl groups is 1. The molecule has 0 saturated carbocycles. The summed E-state index contributed by atoms with van der Waals surface area (Å²) >= 11 is 6.42. The molecule has 0 aliphatic heterocycles. The number of nitrogens with one attached hydrogen (secondary N) is 1. The Balaban J connectivity index is 2.13. The summed E-state index contributed by atoms with van der Waals surface area (Å²) in [4.78, 5) is 16.8. The Bertz CT molecular complexity index is 1080. The highest BCUT2D eigenvalue weighted by atomic mass is 35.5. The molecule has 6 nitrogen and oxygen atoms in total. The van der Waals surface area contributed by atoms with Gasteiger partial charge in [0.2, 0.25) is 5.88 Å². The monoisotopic (exact) mass is 383 g/mol. The molecule has 0 fully saturated rings. The van der Waals surface area contributed by atoms with Crippen LogP contribution in [0.3, 0.4) is 0 Å². The smallest absolute Gasteiger partial charge is 0.276 e. The number of aromatic amines is 1. The van der Waals surface area contributed by atoms with Crippen molar-refractivity contribution in [2.24, 2.45) is 0 Å². The summed E-state index contributed by atoms with van der Waals surface area (Å²) in [6.45, 7) is 4.13. The lowest BCUT2D eigenvalue weighted by Crippen LogP contribution is -2.08. The normalized spacial score (nSPS) is 10.3. The number of pyridine rings is 1. The second-order valence-corrected chi connectivity index (χ2v) is 6.09. The van der Waals surface area contributed by atoms with E-state index in [9.17, 15) is 9.90 Å². The van der Waals surface area contributed by atoms with Crippen LogP contribution in [-0.4, -0.2) is 26.5 Å². The van der Waals surface area contributed by atoms with E-state index in [2.05, 4.69) is 21.9 Å². The van der Waals surface area contributed by atoms with E-state index >= 15 is 0 Å². The molecule has 0 amide bonds. The van der Waals surface area contributed by atoms with Gasteiger partial charge >= 0.3 is 0 Å². The third kappa shape index (κ3) is 3.83. The summed E-state index contributed by atoms with van der Waals surface area (Å²) in [6, 6.07) is 8.77. The SMILES string of the molecule is CC#Cc1cc(Cl)c(-c2c(O)n(Cc3ccccn3)[nH]c2=O)c(OCC)c1. The van der Waals surface area contributed by atoms with E-state index in [1.165, 1.54) is 4.68 Å². The lowest BCUT2D eigenvalue weighted by molar-refractivity contribution is 0.341. The van der Waals surface area contributed by atoms with Crippen LogP contribution >= 0.6 is 11.6 Å². The molecule has 27 heavy (non-hydrogen) atoms. The predicted octanol–water partition coefficient (Wildman–Crippen LogP) is 3.42. The molecule has 2 aromatic heterocycles. The number of H-pyrrole nitrogens is 1. The first-order valence-corrected chi connectivity index (χ1v) is 8.74. The van der Waals surface area contributed by atoms with Crippen molar-refractivity contribution in [3.8, 4) is 34.6 Å². The van der Waals surface area contributed by atoms with Crippen molar-refractivity contribution in [2.75, 3.05) is 6.61 Å². The Kier molecular flexibility index (Phi) is 5.53. The number of hydrogen-bond acceptors (Lipinski definition) is 4. The number of benzene rings is 1. The van der Waals surface area contributed by atoms with E-state index in [4.69, 9.17) is 16.3 Å². The van der Waals surface area contributed by atoms with Crippen LogP contribution in [0, 0.1) is 11.8 Å². The number of hydrogen-bond donors (Lipinski definition) is 2. The number of halogens is 1. The largest absolute Gasteiger partial charge is 0.493 e. The molecule has 3 aromatic rings. The maximum atomic E-state index is 12.6. The first-order valence-electron chi connectivity index (χ1n) is 8.36. The Hall–Kier alpha value is -3.17. The topological polar surface area (TPSA) is 80.1 Å². The van der Waals surface area contributed by atoms with E-state index in [1.807, 2.05) is 13.0 Å². The quantitative estimate of drug-likeness (QED) is 0.661. The molecule has 0 saturated heterocycles. The van der Waals surface area contributed by atoms with Crippen LogP contribution in [0.4, 0.5) is 0 Å². The van der Waals surface area contributed by atoms with Crippen molar-refractivity contribution >= 4 is 11.6 Å². The molecular weight excluding hydrogens is 366 g/mol. The molecule has 2 heterocycles. The van der Waals surface area contributed by atoms with Crippen molar-refractivity contribution in [3.63, 3.8) is 0 Å². The molecule has 0 aliphatic rings. The van der Waals surface area contributed by atoms with Gasteiger partial charge in [0.05, 0.1) is 29.4 Å². The van der Waals surface area contributed by atoms with Gasteiger partial charge in [0.1, 0.15) is 11.3 Å². The van der Waals surface area contributed by atoms with Crippen molar-refractivity contribution in [3.05, 3.63) is 63.2 Å². The molecule has 0 aliphatic carbocycles. The minimum atomic E-state index is -0.472. The Morgan fingerprint density at radius 1 is 1.33 bits per heavy atom. The highest BCUT2D eigenvalue weighted by molar-refractivity contribution is 6.34. The van der Waals surface area contributed by atoms with Gasteiger partial charge in [-0.3, -0.25) is 14.9 Å². The maximum absolute atomic E-state index is 12.6. The highest BCUT2D eigenvalue weighted by Gasteiger charge is 2.23. The molecule has 138 valence electrons. The first kappa shape index (κ1) is 18.6. The Labute approximate surface area is 161 Å². The Morgan fingerprint density at radius 3 is 2.81 bits per heavy atom. The molecule has 3 rings (SSSR count). The number of nitrogens with zero attached hydrogens (tertiary/aromatic N) is 2. The van der Waals surface area contributed by atoms with Crippen molar-refractivity contribution < 1.29 is 9.84 Å². The summed E-state index contributed by atoms with van der Waals surface area (Å²) in [5.74, 6) is 5.87. The highest BCUT2D eigenvalue weighted by Crippen LogP contribution is 2.40. The van der Waals surface area contributed by atoms with E-state index in [-0.39, 0.29) is 23.0 Å². The van der Waals surface area contributed by atoms with Gasteiger partial charge < -0.3 is 9.84 Å². The van der Waals surface area contributed by atoms with Gasteiger partial charge in [0.25, 0.3) is 5.56 Å². The number of aromatic nitrogens is 3. The predicted molar refractivity (Wildman–Crippen MR) is 104 cm³/mol. The second-order valence-electron chi connectivity index (χ2n) is 5.69. The van der Waals surface area contributed by atoms with Crippen LogP contribution in [0.1, 0.15) is 25.1 Å². The minimum Gasteiger partial charge on any atom is -0.493 e. The molecule has 2 N–H and O–H groups in total. The molecule has 0 bridgehead atoms. The zero-order valence-electron chi connectivity index (χ0n) is 14.9. The third-order valence-corrected chi connectivity index (χ3v) is 4.16. The lowest BCUT2D eigenvalue weighted by Gasteiger charge is -2.12. The van der Waals surface area contributed by atoms with Crippen molar-refractivity contribution in [1.82, 2.24) is 14.8 Å². The minimum absolute atomic E-state index is 0.0513. The molecule has 0 spiro atoms. The summed E-state index contributed by atoms with van der Waals surface area (Å²) in [6.07, 6.45) is 1.65. The van der Waals surface area contributed by atoms with E-state index in [0.29, 0.717) is 29.2 Å². The average Bonchev–Trinajstić information content (AvgIpc) is 2.90. The lowest BCUT2D eigenvalue weighted by atomic mass is 10.0. The van der Waals surface area contributed by atoms with Gasteiger partial charge in [-0.15, -0.1) is 5.92 Å². The first-order chi connectivity index (χ1) is 13.0. The zero-order valence-corrected chi connectivity index (χ0v) is 15.7. The van der Waals surface area contributed by atoms with Gasteiger partial charge in [0, 0.05) is 11.8 Å². The molecular formula is C20H18ClN3O3. The van der Waals surface area contributed by atoms with Crippen LogP contribution in [-0.2, 0) is 6.54 Å². The van der Waals surface area contributed by atoms with Crippen LogP contribution in [0.25, 0.3) is 11.1 Å². The summed E-state index contributed by atoms with van der Waals surface area (Å²) in [5.41, 5.74) is 1.27. The van der Waals surface area contributed by atoms with E-state index in [1.54, 1.807) is 37.4 Å². The molecule has 0 atom stereocenters. The molecule has 0 unspecified atom stereocenters. The molecule has 7 heteroatoms. The maximum Gasteiger partial charge on any atom is 0.276 e. The fourth-order valence-corrected chi connectivity index (χ4v) is 3.08. The fraction of sp³-hybridized carbons (Fsp3) is 0.200. The van der Waals surface area contributed by atoms with E-state index in [0.717, 1.165) is 0 Å². The molecule has 1 aromatic carbocycles. The van der Waals surface area contributed by atoms with Gasteiger partial charge in [-0.1, -0.05) is 23.6 Å². The Morgan fingerprint density at radius 2 is 2.15 bits per heavy atom. The third-order valence-electron chi connectivity index (χ3n) is 3.86. The second kappa shape index (κ2) is 8.02. The van der Waals surface area contributed by atoms with Gasteiger partial charge in [-0.25, -0.2) is 4.68 Å². The van der Waals surface area contributed by atoms with E-state index < -0.39 is 5.56 Å². The van der Waals surface area contributed by atoms with Crippen molar-refractivity contribution in [1.29, 1.82) is 0 Å². The van der Waals surface area contributed by atoms with Crippen molar-refractivity contribution in [2.45, 2.75) is 20.4 Å². The number of rotatable bonds is 5. The van der Waals surface area contributed by atoms with Crippen LogP contribution in [0.2, 0.25) is 5.02 Å². The standard InChI is InChI=1S/C20H18ClN3O3/c1-3-7-13-10-15(21)17(16(11-13)27-4-2)18-19(25)23-24(20(18)26)12-14-8-5-6-9-22-14/h5-6,8-11,26H,4,12H2,1-2H3,(H,23,25). The summed E-state index contributed by atoms with van der Waals surface area (Å²) in [7, 11) is 0. The van der Waals surface area contributed by atoms with Gasteiger partial charge in [-0.05, 0) is 38.1 Å². The fourth-order valence-electron chi connectivity index (χ4n) is 2.77. The summed E-state index contributed by atoms with van der Waals surface area (Å²) < 4.78 is 6.98. The number of ether oxygens (including phenoxy) is 1. The van der Waals surface area contributed by atoms with Crippen LogP contribution in [0.5, 0.6) is 11.6 Å². The zero-order chi connectivity index (χ0) is 19.4. The van der Waals surface area contributed by atoms with Gasteiger partial charge in [0.15, 0.2) is 0 Å². The molecule has 0 radical (unpaired) electrons. The van der Waals surface area contributed by atoms with Gasteiger partial charge in [-0.2, -0.15) is 0 Å². The van der Waals surface area contributed by atoms with Crippen LogP contribution < -0.4 is 10.3 Å².